The highest BCUT2D eigenvalue weighted by Gasteiger charge is 2.06. The van der Waals surface area contributed by atoms with E-state index < -0.39 is 0 Å². The topological polar surface area (TPSA) is 61.8 Å². The monoisotopic (exact) mass is 303 g/mol. The van der Waals surface area contributed by atoms with Crippen LogP contribution in [0.2, 0.25) is 0 Å². The van der Waals surface area contributed by atoms with Gasteiger partial charge in [-0.05, 0) is 37.2 Å². The summed E-state index contributed by atoms with van der Waals surface area (Å²) in [7, 11) is 2.10. The summed E-state index contributed by atoms with van der Waals surface area (Å²) in [5.41, 5.74) is 7.51. The molecule has 3 N–H and O–H groups in total. The summed E-state index contributed by atoms with van der Waals surface area (Å²) < 4.78 is 0. The first kappa shape index (κ1) is 15.5. The molecule has 0 spiro atoms. The lowest BCUT2D eigenvalue weighted by Gasteiger charge is -2.16. The van der Waals surface area contributed by atoms with E-state index in [2.05, 4.69) is 42.2 Å². The SMILES string of the molecule is CCc1ccc(CN(C)Cc2cccc(C(N)=NO)c2)s1. The van der Waals surface area contributed by atoms with E-state index in [1.807, 2.05) is 29.5 Å². The van der Waals surface area contributed by atoms with Gasteiger partial charge in [-0.1, -0.05) is 30.3 Å². The molecule has 2 aromatic rings. The van der Waals surface area contributed by atoms with Gasteiger partial charge in [0.2, 0.25) is 0 Å². The maximum Gasteiger partial charge on any atom is 0.170 e. The molecule has 5 heteroatoms. The van der Waals surface area contributed by atoms with Crippen LogP contribution in [0.3, 0.4) is 0 Å². The number of oxime groups is 1. The Morgan fingerprint density at radius 3 is 2.67 bits per heavy atom. The Morgan fingerprint density at radius 1 is 1.24 bits per heavy atom. The van der Waals surface area contributed by atoms with Gasteiger partial charge in [0, 0.05) is 28.4 Å². The van der Waals surface area contributed by atoms with Gasteiger partial charge < -0.3 is 10.9 Å². The van der Waals surface area contributed by atoms with E-state index in [1.54, 1.807) is 0 Å². The lowest BCUT2D eigenvalue weighted by atomic mass is 10.1. The molecule has 2 rings (SSSR count). The molecule has 0 bridgehead atoms. The van der Waals surface area contributed by atoms with Crippen LogP contribution in [0.25, 0.3) is 0 Å². The fourth-order valence-electron chi connectivity index (χ4n) is 2.22. The minimum Gasteiger partial charge on any atom is -0.409 e. The largest absolute Gasteiger partial charge is 0.409 e. The van der Waals surface area contributed by atoms with Crippen molar-refractivity contribution in [3.05, 3.63) is 57.3 Å². The van der Waals surface area contributed by atoms with Crippen LogP contribution in [-0.4, -0.2) is 23.0 Å². The first-order chi connectivity index (χ1) is 10.1. The number of nitrogens with zero attached hydrogens (tertiary/aromatic N) is 2. The molecular weight excluding hydrogens is 282 g/mol. The van der Waals surface area contributed by atoms with Gasteiger partial charge in [-0.2, -0.15) is 0 Å². The van der Waals surface area contributed by atoms with E-state index in [1.165, 1.54) is 9.75 Å². The second-order valence-corrected chi connectivity index (χ2v) is 6.33. The summed E-state index contributed by atoms with van der Waals surface area (Å²) in [5, 5.41) is 11.8. The van der Waals surface area contributed by atoms with E-state index in [9.17, 15) is 0 Å². The van der Waals surface area contributed by atoms with E-state index in [-0.39, 0.29) is 5.84 Å². The second-order valence-electron chi connectivity index (χ2n) is 5.08. The lowest BCUT2D eigenvalue weighted by Crippen LogP contribution is -2.18. The minimum absolute atomic E-state index is 0.144. The molecule has 1 aromatic heterocycles. The molecule has 0 saturated carbocycles. The summed E-state index contributed by atoms with van der Waals surface area (Å²) in [6, 6.07) is 12.2. The van der Waals surface area contributed by atoms with Crippen molar-refractivity contribution in [2.24, 2.45) is 10.9 Å². The third-order valence-electron chi connectivity index (χ3n) is 3.27. The predicted octanol–water partition coefficient (Wildman–Crippen LogP) is 3.04. The average molecular weight is 303 g/mol. The molecule has 0 unspecified atom stereocenters. The van der Waals surface area contributed by atoms with Crippen molar-refractivity contribution in [3.63, 3.8) is 0 Å². The summed E-state index contributed by atoms with van der Waals surface area (Å²) in [5.74, 6) is 0.144. The smallest absolute Gasteiger partial charge is 0.170 e. The van der Waals surface area contributed by atoms with Crippen LogP contribution in [0.1, 0.15) is 27.8 Å². The van der Waals surface area contributed by atoms with E-state index in [0.29, 0.717) is 0 Å². The standard InChI is InChI=1S/C16H21N3OS/c1-3-14-7-8-15(21-14)11-19(2)10-12-5-4-6-13(9-12)16(17)18-20/h4-9,20H,3,10-11H2,1-2H3,(H2,17,18). The van der Waals surface area contributed by atoms with Crippen molar-refractivity contribution in [1.82, 2.24) is 4.90 Å². The molecule has 0 aliphatic rings. The molecule has 0 amide bonds. The molecule has 1 heterocycles. The zero-order valence-electron chi connectivity index (χ0n) is 12.4. The second kappa shape index (κ2) is 7.24. The highest BCUT2D eigenvalue weighted by atomic mass is 32.1. The number of hydrogen-bond donors (Lipinski definition) is 2. The average Bonchev–Trinajstić information content (AvgIpc) is 2.94. The Morgan fingerprint density at radius 2 is 2.00 bits per heavy atom. The highest BCUT2D eigenvalue weighted by molar-refractivity contribution is 7.11. The van der Waals surface area contributed by atoms with Crippen molar-refractivity contribution in [2.45, 2.75) is 26.4 Å². The summed E-state index contributed by atoms with van der Waals surface area (Å²) in [4.78, 5) is 5.06. The Bertz CT molecular complexity index is 621. The number of aryl methyl sites for hydroxylation is 1. The first-order valence-electron chi connectivity index (χ1n) is 6.95. The summed E-state index contributed by atoms with van der Waals surface area (Å²) >= 11 is 1.87. The third kappa shape index (κ3) is 4.31. The van der Waals surface area contributed by atoms with Crippen LogP contribution in [0.15, 0.2) is 41.6 Å². The normalized spacial score (nSPS) is 12.0. The molecule has 1 aromatic carbocycles. The molecule has 0 aliphatic heterocycles. The van der Waals surface area contributed by atoms with Gasteiger partial charge in [0.1, 0.15) is 0 Å². The Kier molecular flexibility index (Phi) is 5.36. The molecule has 0 radical (unpaired) electrons. The van der Waals surface area contributed by atoms with Crippen molar-refractivity contribution < 1.29 is 5.21 Å². The lowest BCUT2D eigenvalue weighted by molar-refractivity contribution is 0.318. The third-order valence-corrected chi connectivity index (χ3v) is 4.49. The summed E-state index contributed by atoms with van der Waals surface area (Å²) in [6.07, 6.45) is 1.09. The van der Waals surface area contributed by atoms with Crippen LogP contribution in [0.4, 0.5) is 0 Å². The van der Waals surface area contributed by atoms with Crippen LogP contribution < -0.4 is 5.73 Å². The predicted molar refractivity (Wildman–Crippen MR) is 87.8 cm³/mol. The number of thiophene rings is 1. The number of nitrogens with two attached hydrogens (primary N) is 1. The molecule has 0 fully saturated rings. The molecule has 0 atom stereocenters. The maximum atomic E-state index is 8.74. The molecule has 4 nitrogen and oxygen atoms in total. The quantitative estimate of drug-likeness (QED) is 0.373. The first-order valence-corrected chi connectivity index (χ1v) is 7.77. The van der Waals surface area contributed by atoms with Gasteiger partial charge in [0.05, 0.1) is 0 Å². The number of rotatable bonds is 6. The van der Waals surface area contributed by atoms with E-state index in [4.69, 9.17) is 10.9 Å². The number of benzene rings is 1. The fraction of sp³-hybridized carbons (Fsp3) is 0.312. The fourth-order valence-corrected chi connectivity index (χ4v) is 3.26. The zero-order valence-corrected chi connectivity index (χ0v) is 13.2. The Labute approximate surface area is 129 Å². The van der Waals surface area contributed by atoms with Gasteiger partial charge in [0.25, 0.3) is 0 Å². The van der Waals surface area contributed by atoms with Gasteiger partial charge in [-0.3, -0.25) is 4.90 Å². The molecule has 112 valence electrons. The molecule has 21 heavy (non-hydrogen) atoms. The molecular formula is C16H21N3OS. The minimum atomic E-state index is 0.144. The van der Waals surface area contributed by atoms with Crippen molar-refractivity contribution in [3.8, 4) is 0 Å². The van der Waals surface area contributed by atoms with E-state index >= 15 is 0 Å². The van der Waals surface area contributed by atoms with Crippen molar-refractivity contribution in [1.29, 1.82) is 0 Å². The van der Waals surface area contributed by atoms with Crippen LogP contribution in [-0.2, 0) is 19.5 Å². The Hall–Kier alpha value is -1.85. The number of amidine groups is 1. The maximum absolute atomic E-state index is 8.74. The zero-order chi connectivity index (χ0) is 15.2. The number of hydrogen-bond acceptors (Lipinski definition) is 4. The van der Waals surface area contributed by atoms with E-state index in [0.717, 1.165) is 30.6 Å². The van der Waals surface area contributed by atoms with Gasteiger partial charge in [-0.25, -0.2) is 0 Å². The highest BCUT2D eigenvalue weighted by Crippen LogP contribution is 2.19. The van der Waals surface area contributed by atoms with Crippen LogP contribution in [0.5, 0.6) is 0 Å². The van der Waals surface area contributed by atoms with Gasteiger partial charge in [0.15, 0.2) is 5.84 Å². The Balaban J connectivity index is 2.00. The molecule has 0 aliphatic carbocycles. The summed E-state index contributed by atoms with van der Waals surface area (Å²) in [6.45, 7) is 3.93. The van der Waals surface area contributed by atoms with Crippen molar-refractivity contribution in [2.75, 3.05) is 7.05 Å². The van der Waals surface area contributed by atoms with Gasteiger partial charge in [-0.15, -0.1) is 11.3 Å². The van der Waals surface area contributed by atoms with Gasteiger partial charge >= 0.3 is 0 Å². The van der Waals surface area contributed by atoms with Crippen molar-refractivity contribution >= 4 is 17.2 Å². The molecule has 0 saturated heterocycles. The van der Waals surface area contributed by atoms with Crippen LogP contribution >= 0.6 is 11.3 Å². The van der Waals surface area contributed by atoms with Crippen LogP contribution in [0, 0.1) is 0 Å².